The third-order valence-corrected chi connectivity index (χ3v) is 5.79. The lowest BCUT2D eigenvalue weighted by Gasteiger charge is -2.40. The molecular weight excluding hydrogens is 378 g/mol. The van der Waals surface area contributed by atoms with Gasteiger partial charge in [-0.25, -0.2) is 0 Å². The van der Waals surface area contributed by atoms with Crippen LogP contribution in [0.1, 0.15) is 46.9 Å². The Morgan fingerprint density at radius 1 is 1.08 bits per heavy atom. The molecular formula is C21H26BrNO2. The van der Waals surface area contributed by atoms with E-state index in [1.807, 2.05) is 0 Å². The highest BCUT2D eigenvalue weighted by atomic mass is 79.9. The third kappa shape index (κ3) is 3.06. The van der Waals surface area contributed by atoms with Gasteiger partial charge in [0.1, 0.15) is 0 Å². The zero-order chi connectivity index (χ0) is 16.7. The van der Waals surface area contributed by atoms with Crippen LogP contribution in [0, 0.1) is 0 Å². The second kappa shape index (κ2) is 7.38. The van der Waals surface area contributed by atoms with E-state index in [4.69, 9.17) is 15.2 Å². The SMILES string of the molecule is Br.COc1cc2c3c(c1OC)CC(c1ccccc1)CC3C(N)CC2. The molecule has 2 aliphatic rings. The molecule has 0 heterocycles. The summed E-state index contributed by atoms with van der Waals surface area (Å²) in [4.78, 5) is 0. The molecule has 0 bridgehead atoms. The van der Waals surface area contributed by atoms with Crippen LogP contribution in [0.4, 0.5) is 0 Å². The van der Waals surface area contributed by atoms with Crippen molar-refractivity contribution in [2.24, 2.45) is 5.73 Å². The maximum atomic E-state index is 6.54. The summed E-state index contributed by atoms with van der Waals surface area (Å²) < 4.78 is 11.4. The topological polar surface area (TPSA) is 44.5 Å². The second-order valence-corrected chi connectivity index (χ2v) is 7.02. The van der Waals surface area contributed by atoms with Crippen molar-refractivity contribution in [1.82, 2.24) is 0 Å². The average Bonchev–Trinajstić information content (AvgIpc) is 2.64. The molecule has 25 heavy (non-hydrogen) atoms. The van der Waals surface area contributed by atoms with Crippen LogP contribution < -0.4 is 15.2 Å². The lowest BCUT2D eigenvalue weighted by molar-refractivity contribution is 0.334. The van der Waals surface area contributed by atoms with E-state index in [0.717, 1.165) is 37.2 Å². The van der Waals surface area contributed by atoms with Crippen molar-refractivity contribution < 1.29 is 9.47 Å². The highest BCUT2D eigenvalue weighted by molar-refractivity contribution is 8.93. The number of aryl methyl sites for hydroxylation is 1. The van der Waals surface area contributed by atoms with Gasteiger partial charge >= 0.3 is 0 Å². The van der Waals surface area contributed by atoms with E-state index in [1.165, 1.54) is 22.3 Å². The van der Waals surface area contributed by atoms with Gasteiger partial charge in [0.25, 0.3) is 0 Å². The first kappa shape index (κ1) is 18.3. The normalized spacial score (nSPS) is 24.0. The number of benzene rings is 2. The molecule has 0 radical (unpaired) electrons. The zero-order valence-corrected chi connectivity index (χ0v) is 16.5. The van der Waals surface area contributed by atoms with E-state index in [9.17, 15) is 0 Å². The van der Waals surface area contributed by atoms with Crippen LogP contribution in [-0.4, -0.2) is 20.3 Å². The van der Waals surface area contributed by atoms with Gasteiger partial charge in [0, 0.05) is 17.5 Å². The Bertz CT molecular complexity index is 747. The fourth-order valence-corrected chi connectivity index (χ4v) is 4.66. The molecule has 2 aliphatic carbocycles. The van der Waals surface area contributed by atoms with Crippen LogP contribution in [0.3, 0.4) is 0 Å². The van der Waals surface area contributed by atoms with Gasteiger partial charge in [-0.1, -0.05) is 30.3 Å². The van der Waals surface area contributed by atoms with E-state index in [2.05, 4.69) is 36.4 Å². The quantitative estimate of drug-likeness (QED) is 0.827. The van der Waals surface area contributed by atoms with E-state index in [-0.39, 0.29) is 23.0 Å². The summed E-state index contributed by atoms with van der Waals surface area (Å²) in [6.07, 6.45) is 4.21. The summed E-state index contributed by atoms with van der Waals surface area (Å²) in [6.45, 7) is 0. The first-order chi connectivity index (χ1) is 11.7. The molecule has 4 rings (SSSR count). The Morgan fingerprint density at radius 3 is 2.52 bits per heavy atom. The highest BCUT2D eigenvalue weighted by Crippen LogP contribution is 2.51. The summed E-state index contributed by atoms with van der Waals surface area (Å²) in [6, 6.07) is 13.2. The van der Waals surface area contributed by atoms with Gasteiger partial charge in [-0.2, -0.15) is 0 Å². The van der Waals surface area contributed by atoms with Crippen molar-refractivity contribution in [3.63, 3.8) is 0 Å². The summed E-state index contributed by atoms with van der Waals surface area (Å²) >= 11 is 0. The summed E-state index contributed by atoms with van der Waals surface area (Å²) in [5.74, 6) is 2.66. The number of hydrogen-bond acceptors (Lipinski definition) is 3. The van der Waals surface area contributed by atoms with Crippen LogP contribution in [0.2, 0.25) is 0 Å². The number of methoxy groups -OCH3 is 2. The molecule has 134 valence electrons. The van der Waals surface area contributed by atoms with Gasteiger partial charge in [-0.3, -0.25) is 0 Å². The van der Waals surface area contributed by atoms with Crippen molar-refractivity contribution in [1.29, 1.82) is 0 Å². The average molecular weight is 404 g/mol. The monoisotopic (exact) mass is 403 g/mol. The Balaban J connectivity index is 0.00000182. The predicted molar refractivity (Wildman–Crippen MR) is 106 cm³/mol. The lowest BCUT2D eigenvalue weighted by Crippen LogP contribution is -2.37. The molecule has 2 N–H and O–H groups in total. The number of nitrogens with two attached hydrogens (primary N) is 1. The molecule has 0 aliphatic heterocycles. The number of ether oxygens (including phenoxy) is 2. The largest absolute Gasteiger partial charge is 0.493 e. The molecule has 4 heteroatoms. The molecule has 3 unspecified atom stereocenters. The third-order valence-electron chi connectivity index (χ3n) is 5.79. The number of hydrogen-bond donors (Lipinski definition) is 1. The van der Waals surface area contributed by atoms with Crippen molar-refractivity contribution >= 4 is 17.0 Å². The molecule has 3 nitrogen and oxygen atoms in total. The van der Waals surface area contributed by atoms with Crippen LogP contribution in [0.25, 0.3) is 0 Å². The van der Waals surface area contributed by atoms with Crippen molar-refractivity contribution in [2.75, 3.05) is 14.2 Å². The minimum absolute atomic E-state index is 0. The van der Waals surface area contributed by atoms with Gasteiger partial charge in [0.15, 0.2) is 11.5 Å². The van der Waals surface area contributed by atoms with Gasteiger partial charge in [-0.15, -0.1) is 17.0 Å². The molecule has 2 aromatic rings. The first-order valence-electron chi connectivity index (χ1n) is 8.80. The highest BCUT2D eigenvalue weighted by Gasteiger charge is 2.38. The van der Waals surface area contributed by atoms with Crippen LogP contribution in [-0.2, 0) is 12.8 Å². The van der Waals surface area contributed by atoms with Crippen LogP contribution >= 0.6 is 17.0 Å². The molecule has 0 amide bonds. The molecule has 2 aromatic carbocycles. The minimum atomic E-state index is 0. The Labute approximate surface area is 160 Å². The molecule has 0 spiro atoms. The van der Waals surface area contributed by atoms with Gasteiger partial charge in [0.05, 0.1) is 14.2 Å². The Hall–Kier alpha value is -1.52. The van der Waals surface area contributed by atoms with E-state index >= 15 is 0 Å². The van der Waals surface area contributed by atoms with E-state index in [0.29, 0.717) is 11.8 Å². The number of rotatable bonds is 3. The van der Waals surface area contributed by atoms with Crippen LogP contribution in [0.15, 0.2) is 36.4 Å². The van der Waals surface area contributed by atoms with E-state index < -0.39 is 0 Å². The standard InChI is InChI=1S/C21H25NO2.BrH/c1-23-19-12-14-8-9-18(22)16-10-15(13-6-4-3-5-7-13)11-17(20(14)16)21(19)24-2;/h3-7,12,15-16,18H,8-11,22H2,1-2H3;1H. The first-order valence-corrected chi connectivity index (χ1v) is 8.80. The van der Waals surface area contributed by atoms with Gasteiger partial charge in [-0.05, 0) is 54.4 Å². The Kier molecular flexibility index (Phi) is 5.40. The molecule has 3 atom stereocenters. The van der Waals surface area contributed by atoms with Gasteiger partial charge in [0.2, 0.25) is 0 Å². The predicted octanol–water partition coefficient (Wildman–Crippen LogP) is 4.37. The lowest BCUT2D eigenvalue weighted by atomic mass is 9.66. The summed E-state index contributed by atoms with van der Waals surface area (Å²) in [7, 11) is 3.46. The Morgan fingerprint density at radius 2 is 1.84 bits per heavy atom. The molecule has 0 aromatic heterocycles. The molecule has 0 fully saturated rings. The van der Waals surface area contributed by atoms with Gasteiger partial charge < -0.3 is 15.2 Å². The fraction of sp³-hybridized carbons (Fsp3) is 0.429. The minimum Gasteiger partial charge on any atom is -0.493 e. The van der Waals surface area contributed by atoms with E-state index in [1.54, 1.807) is 14.2 Å². The van der Waals surface area contributed by atoms with Crippen molar-refractivity contribution in [3.8, 4) is 11.5 Å². The van der Waals surface area contributed by atoms with Crippen molar-refractivity contribution in [2.45, 2.75) is 43.6 Å². The fourth-order valence-electron chi connectivity index (χ4n) is 4.66. The van der Waals surface area contributed by atoms with Crippen molar-refractivity contribution in [3.05, 3.63) is 58.7 Å². The molecule has 0 saturated heterocycles. The maximum Gasteiger partial charge on any atom is 0.164 e. The summed E-state index contributed by atoms with van der Waals surface area (Å²) in [5, 5.41) is 0. The van der Waals surface area contributed by atoms with Crippen LogP contribution in [0.5, 0.6) is 11.5 Å². The summed E-state index contributed by atoms with van der Waals surface area (Å²) in [5.41, 5.74) is 12.1. The zero-order valence-electron chi connectivity index (χ0n) is 14.8. The smallest absolute Gasteiger partial charge is 0.164 e. The molecule has 0 saturated carbocycles. The number of halogens is 1. The second-order valence-electron chi connectivity index (χ2n) is 7.02. The maximum absolute atomic E-state index is 6.54.